The number of carboxylic acid groups (broad SMARTS) is 1. The monoisotopic (exact) mass is 296 g/mol. The maximum Gasteiger partial charge on any atom is 0.317 e. The summed E-state index contributed by atoms with van der Waals surface area (Å²) in [6.07, 6.45) is 0. The summed E-state index contributed by atoms with van der Waals surface area (Å²) in [7, 11) is 0. The molecule has 0 unspecified atom stereocenters. The third-order valence-electron chi connectivity index (χ3n) is 2.61. The van der Waals surface area contributed by atoms with Crippen LogP contribution in [0.1, 0.15) is 6.92 Å². The van der Waals surface area contributed by atoms with Gasteiger partial charge in [0, 0.05) is 17.2 Å². The summed E-state index contributed by atoms with van der Waals surface area (Å²) in [4.78, 5) is 25.0. The van der Waals surface area contributed by atoms with Gasteiger partial charge in [-0.05, 0) is 18.7 Å². The highest BCUT2D eigenvalue weighted by Gasteiger charge is 2.11. The van der Waals surface area contributed by atoms with Crippen LogP contribution in [0, 0.1) is 0 Å². The van der Waals surface area contributed by atoms with Gasteiger partial charge in [-0.3, -0.25) is 14.5 Å². The van der Waals surface area contributed by atoms with E-state index in [0.717, 1.165) is 5.75 Å². The van der Waals surface area contributed by atoms with E-state index in [1.807, 2.05) is 37.3 Å². The van der Waals surface area contributed by atoms with Gasteiger partial charge in [0.15, 0.2) is 0 Å². The van der Waals surface area contributed by atoms with Gasteiger partial charge in [0.1, 0.15) is 0 Å². The highest BCUT2D eigenvalue weighted by atomic mass is 32.2. The maximum absolute atomic E-state index is 11.7. The second kappa shape index (κ2) is 9.39. The molecule has 0 heterocycles. The number of carboxylic acids is 1. The quantitative estimate of drug-likeness (QED) is 0.531. The van der Waals surface area contributed by atoms with Crippen molar-refractivity contribution in [3.63, 3.8) is 0 Å². The number of thioether (sulfide) groups is 1. The van der Waals surface area contributed by atoms with Crippen LogP contribution in [0.25, 0.3) is 0 Å². The summed E-state index contributed by atoms with van der Waals surface area (Å²) in [6, 6.07) is 9.97. The van der Waals surface area contributed by atoms with Gasteiger partial charge < -0.3 is 10.4 Å². The van der Waals surface area contributed by atoms with Crippen molar-refractivity contribution >= 4 is 23.6 Å². The highest BCUT2D eigenvalue weighted by Crippen LogP contribution is 2.15. The molecule has 0 aliphatic rings. The smallest absolute Gasteiger partial charge is 0.317 e. The zero-order valence-corrected chi connectivity index (χ0v) is 12.4. The number of nitrogens with one attached hydrogen (secondary N) is 1. The van der Waals surface area contributed by atoms with E-state index in [4.69, 9.17) is 5.11 Å². The lowest BCUT2D eigenvalue weighted by atomic mass is 10.4. The number of hydrogen-bond donors (Lipinski definition) is 2. The fourth-order valence-corrected chi connectivity index (χ4v) is 2.40. The van der Waals surface area contributed by atoms with E-state index < -0.39 is 5.97 Å². The van der Waals surface area contributed by atoms with E-state index in [0.29, 0.717) is 13.1 Å². The van der Waals surface area contributed by atoms with E-state index in [1.54, 1.807) is 16.7 Å². The Morgan fingerprint density at radius 2 is 1.95 bits per heavy atom. The van der Waals surface area contributed by atoms with Gasteiger partial charge in [0.2, 0.25) is 5.91 Å². The summed E-state index contributed by atoms with van der Waals surface area (Å²) < 4.78 is 0. The van der Waals surface area contributed by atoms with Crippen LogP contribution in [0.2, 0.25) is 0 Å². The molecular weight excluding hydrogens is 276 g/mol. The molecule has 1 rings (SSSR count). The van der Waals surface area contributed by atoms with Crippen LogP contribution in [0.4, 0.5) is 0 Å². The van der Waals surface area contributed by atoms with Crippen molar-refractivity contribution in [1.82, 2.24) is 10.2 Å². The molecule has 5 nitrogen and oxygen atoms in total. The molecule has 1 aromatic rings. The summed E-state index contributed by atoms with van der Waals surface area (Å²) in [5.41, 5.74) is 0. The Morgan fingerprint density at radius 1 is 1.25 bits per heavy atom. The average molecular weight is 296 g/mol. The summed E-state index contributed by atoms with van der Waals surface area (Å²) in [5.74, 6) is -0.262. The first-order chi connectivity index (χ1) is 9.61. The first-order valence-corrected chi connectivity index (χ1v) is 7.49. The summed E-state index contributed by atoms with van der Waals surface area (Å²) in [5, 5.41) is 11.5. The van der Waals surface area contributed by atoms with Crippen molar-refractivity contribution in [2.45, 2.75) is 11.8 Å². The molecule has 1 amide bonds. The predicted octanol–water partition coefficient (Wildman–Crippen LogP) is 1.30. The maximum atomic E-state index is 11.7. The van der Waals surface area contributed by atoms with E-state index in [2.05, 4.69) is 5.32 Å². The number of hydrogen-bond acceptors (Lipinski definition) is 4. The topological polar surface area (TPSA) is 69.6 Å². The minimum absolute atomic E-state index is 0.108. The molecular formula is C14H20N2O3S. The fourth-order valence-electron chi connectivity index (χ4n) is 1.61. The number of nitrogens with zero attached hydrogens (tertiary/aromatic N) is 1. The molecule has 0 saturated heterocycles. The Morgan fingerprint density at radius 3 is 2.55 bits per heavy atom. The molecule has 20 heavy (non-hydrogen) atoms. The molecule has 0 atom stereocenters. The first-order valence-electron chi connectivity index (χ1n) is 6.50. The van der Waals surface area contributed by atoms with Crippen LogP contribution in [-0.4, -0.2) is 53.8 Å². The van der Waals surface area contributed by atoms with Crippen molar-refractivity contribution in [2.24, 2.45) is 0 Å². The van der Waals surface area contributed by atoms with Gasteiger partial charge in [-0.15, -0.1) is 11.8 Å². The number of amides is 1. The van der Waals surface area contributed by atoms with Crippen molar-refractivity contribution in [3.05, 3.63) is 30.3 Å². The number of aliphatic carboxylic acids is 1. The zero-order chi connectivity index (χ0) is 14.8. The van der Waals surface area contributed by atoms with Crippen LogP contribution in [0.15, 0.2) is 35.2 Å². The highest BCUT2D eigenvalue weighted by molar-refractivity contribution is 7.99. The van der Waals surface area contributed by atoms with Crippen LogP contribution < -0.4 is 5.32 Å². The third-order valence-corrected chi connectivity index (χ3v) is 3.62. The Kier molecular flexibility index (Phi) is 7.75. The van der Waals surface area contributed by atoms with Crippen LogP contribution in [-0.2, 0) is 9.59 Å². The van der Waals surface area contributed by atoms with Crippen molar-refractivity contribution in [2.75, 3.05) is 31.9 Å². The number of benzene rings is 1. The lowest BCUT2D eigenvalue weighted by molar-refractivity contribution is -0.138. The molecule has 110 valence electrons. The summed E-state index contributed by atoms with van der Waals surface area (Å²) in [6.45, 7) is 2.96. The molecule has 1 aromatic carbocycles. The van der Waals surface area contributed by atoms with Gasteiger partial charge in [-0.1, -0.05) is 25.1 Å². The molecule has 6 heteroatoms. The van der Waals surface area contributed by atoms with Gasteiger partial charge in [0.05, 0.1) is 13.1 Å². The van der Waals surface area contributed by atoms with Gasteiger partial charge >= 0.3 is 5.97 Å². The van der Waals surface area contributed by atoms with Crippen LogP contribution in [0.3, 0.4) is 0 Å². The molecule has 0 aromatic heterocycles. The standard InChI is InChI=1S/C14H20N2O3S/c1-2-16(11-14(18)19)10-13(17)15-8-9-20-12-6-4-3-5-7-12/h3-7H,2,8-11H2,1H3,(H,15,17)(H,18,19). The third kappa shape index (κ3) is 7.16. The van der Waals surface area contributed by atoms with E-state index in [1.165, 1.54) is 4.90 Å². The zero-order valence-electron chi connectivity index (χ0n) is 11.5. The lowest BCUT2D eigenvalue weighted by Gasteiger charge is -2.17. The average Bonchev–Trinajstić information content (AvgIpc) is 2.43. The van der Waals surface area contributed by atoms with Crippen LogP contribution >= 0.6 is 11.8 Å². The van der Waals surface area contributed by atoms with Gasteiger partial charge in [-0.2, -0.15) is 0 Å². The molecule has 0 radical (unpaired) electrons. The van der Waals surface area contributed by atoms with Crippen molar-refractivity contribution in [1.29, 1.82) is 0 Å². The van der Waals surface area contributed by atoms with Gasteiger partial charge in [0.25, 0.3) is 0 Å². The van der Waals surface area contributed by atoms with Crippen molar-refractivity contribution in [3.8, 4) is 0 Å². The molecule has 0 bridgehead atoms. The van der Waals surface area contributed by atoms with E-state index in [-0.39, 0.29) is 19.0 Å². The number of likely N-dealkylation sites (N-methyl/N-ethyl adjacent to an activating group) is 1. The Labute approximate surface area is 123 Å². The SMILES string of the molecule is CCN(CC(=O)O)CC(=O)NCCSc1ccccc1. The van der Waals surface area contributed by atoms with Crippen LogP contribution in [0.5, 0.6) is 0 Å². The second-order valence-electron chi connectivity index (χ2n) is 4.21. The Hall–Kier alpha value is -1.53. The van der Waals surface area contributed by atoms with Crippen molar-refractivity contribution < 1.29 is 14.7 Å². The Balaban J connectivity index is 2.18. The van der Waals surface area contributed by atoms with E-state index >= 15 is 0 Å². The largest absolute Gasteiger partial charge is 0.480 e. The Bertz CT molecular complexity index is 426. The molecule has 0 fully saturated rings. The summed E-state index contributed by atoms with van der Waals surface area (Å²) >= 11 is 1.68. The molecule has 0 spiro atoms. The number of rotatable bonds is 9. The number of carbonyl (C=O) groups is 2. The first kappa shape index (κ1) is 16.5. The predicted molar refractivity (Wildman–Crippen MR) is 79.9 cm³/mol. The lowest BCUT2D eigenvalue weighted by Crippen LogP contribution is -2.40. The number of carbonyl (C=O) groups excluding carboxylic acids is 1. The molecule has 2 N–H and O–H groups in total. The van der Waals surface area contributed by atoms with Gasteiger partial charge in [-0.25, -0.2) is 0 Å². The van der Waals surface area contributed by atoms with E-state index in [9.17, 15) is 9.59 Å². The molecule has 0 aliphatic carbocycles. The minimum Gasteiger partial charge on any atom is -0.480 e. The normalized spacial score (nSPS) is 10.5. The molecule has 0 saturated carbocycles. The molecule has 0 aliphatic heterocycles. The second-order valence-corrected chi connectivity index (χ2v) is 5.38. The fraction of sp³-hybridized carbons (Fsp3) is 0.429. The minimum atomic E-state index is -0.917.